The normalized spacial score (nSPS) is 12.9. The number of carbonyl (C=O) groups is 2. The van der Waals surface area contributed by atoms with E-state index in [1.54, 1.807) is 19.1 Å². The van der Waals surface area contributed by atoms with Gasteiger partial charge in [-0.15, -0.1) is 0 Å². The molecule has 0 aliphatic heterocycles. The summed E-state index contributed by atoms with van der Waals surface area (Å²) in [5.74, 6) is -0.427. The van der Waals surface area contributed by atoms with Crippen LogP contribution in [0.4, 0.5) is 8.78 Å². The molecule has 5 nitrogen and oxygen atoms in total. The van der Waals surface area contributed by atoms with Gasteiger partial charge in [-0.3, -0.25) is 9.59 Å². The van der Waals surface area contributed by atoms with Crippen LogP contribution in [0, 0.1) is 0 Å². The molecule has 2 rings (SSSR count). The predicted molar refractivity (Wildman–Crippen MR) is 105 cm³/mol. The Labute approximate surface area is 170 Å². The number of rotatable bonds is 8. The minimum absolute atomic E-state index is 0.0539. The predicted octanol–water partition coefficient (Wildman–Crippen LogP) is 4.50. The number of hydrogen-bond acceptors (Lipinski definition) is 3. The Hall–Kier alpha value is -2.48. The summed E-state index contributed by atoms with van der Waals surface area (Å²) in [4.78, 5) is 24.0. The molecule has 8 heteroatoms. The summed E-state index contributed by atoms with van der Waals surface area (Å²) < 4.78 is 29.6. The first-order valence-corrected chi connectivity index (χ1v) is 9.40. The van der Waals surface area contributed by atoms with E-state index in [1.807, 2.05) is 24.3 Å². The molecule has 150 valence electrons. The minimum atomic E-state index is -2.88. The summed E-state index contributed by atoms with van der Waals surface area (Å²) in [6, 6.07) is 12.6. The number of carbonyl (C=O) groups excluding carboxylic acids is 2. The fourth-order valence-electron chi connectivity index (χ4n) is 2.70. The molecule has 0 bridgehead atoms. The quantitative estimate of drug-likeness (QED) is 0.617. The largest absolute Gasteiger partial charge is 0.435 e. The first-order chi connectivity index (χ1) is 13.2. The molecule has 0 fully saturated rings. The molecular weight excluding hydrogens is 434 g/mol. The second-order valence-electron chi connectivity index (χ2n) is 6.25. The molecule has 2 aromatic carbocycles. The molecule has 0 heterocycles. The van der Waals surface area contributed by atoms with E-state index in [0.29, 0.717) is 0 Å². The van der Waals surface area contributed by atoms with Gasteiger partial charge in [-0.05, 0) is 42.3 Å². The average molecular weight is 455 g/mol. The van der Waals surface area contributed by atoms with Crippen molar-refractivity contribution >= 4 is 27.7 Å². The van der Waals surface area contributed by atoms with E-state index in [-0.39, 0.29) is 30.0 Å². The fourth-order valence-corrected chi connectivity index (χ4v) is 2.96. The summed E-state index contributed by atoms with van der Waals surface area (Å²) >= 11 is 3.36. The Balaban J connectivity index is 2.00. The molecule has 2 unspecified atom stereocenters. The highest BCUT2D eigenvalue weighted by Crippen LogP contribution is 2.22. The van der Waals surface area contributed by atoms with Crippen LogP contribution in [0.15, 0.2) is 53.0 Å². The smallest absolute Gasteiger partial charge is 0.387 e. The number of halogens is 3. The summed E-state index contributed by atoms with van der Waals surface area (Å²) in [5.41, 5.74) is 1.56. The number of hydrogen-bond donors (Lipinski definition) is 2. The molecule has 0 radical (unpaired) electrons. The van der Waals surface area contributed by atoms with Crippen LogP contribution < -0.4 is 15.4 Å². The van der Waals surface area contributed by atoms with Gasteiger partial charge in [-0.1, -0.05) is 40.2 Å². The number of amides is 2. The molecular formula is C20H21BrF2N2O3. The van der Waals surface area contributed by atoms with Gasteiger partial charge in [0.2, 0.25) is 11.8 Å². The van der Waals surface area contributed by atoms with Crippen molar-refractivity contribution in [2.45, 2.75) is 39.0 Å². The minimum Gasteiger partial charge on any atom is -0.435 e. The highest BCUT2D eigenvalue weighted by Gasteiger charge is 2.19. The van der Waals surface area contributed by atoms with Crippen LogP contribution in [-0.2, 0) is 9.59 Å². The zero-order chi connectivity index (χ0) is 20.7. The SMILES string of the molecule is CC(=O)NC(CC(=O)NC(C)c1ccc(OC(F)F)cc1)c1ccc(Br)cc1. The lowest BCUT2D eigenvalue weighted by Gasteiger charge is -2.20. The van der Waals surface area contributed by atoms with Gasteiger partial charge in [0.05, 0.1) is 18.5 Å². The third-order valence-corrected chi connectivity index (χ3v) is 4.55. The molecule has 0 saturated heterocycles. The number of benzene rings is 2. The summed E-state index contributed by atoms with van der Waals surface area (Å²) in [5, 5.41) is 5.64. The van der Waals surface area contributed by atoms with Crippen LogP contribution in [0.3, 0.4) is 0 Å². The molecule has 0 aromatic heterocycles. The van der Waals surface area contributed by atoms with Gasteiger partial charge in [0.15, 0.2) is 0 Å². The fraction of sp³-hybridized carbons (Fsp3) is 0.300. The van der Waals surface area contributed by atoms with Crippen LogP contribution in [-0.4, -0.2) is 18.4 Å². The molecule has 0 saturated carbocycles. The van der Waals surface area contributed by atoms with E-state index in [1.165, 1.54) is 19.1 Å². The van der Waals surface area contributed by atoms with Crippen LogP contribution in [0.1, 0.15) is 43.5 Å². The second kappa shape index (κ2) is 10.2. The molecule has 2 N–H and O–H groups in total. The monoisotopic (exact) mass is 454 g/mol. The maximum atomic E-state index is 12.5. The standard InChI is InChI=1S/C20H21BrF2N2O3/c1-12(14-5-9-17(10-6-14)28-20(22)23)24-19(27)11-18(25-13(2)26)15-3-7-16(21)8-4-15/h3-10,12,18,20H,11H2,1-2H3,(H,24,27)(H,25,26). The first-order valence-electron chi connectivity index (χ1n) is 8.61. The summed E-state index contributed by atoms with van der Waals surface area (Å²) in [6.07, 6.45) is 0.0676. The van der Waals surface area contributed by atoms with E-state index in [0.717, 1.165) is 15.6 Å². The van der Waals surface area contributed by atoms with Crippen molar-refractivity contribution in [2.24, 2.45) is 0 Å². The molecule has 2 aromatic rings. The molecule has 28 heavy (non-hydrogen) atoms. The van der Waals surface area contributed by atoms with Crippen molar-refractivity contribution in [3.05, 3.63) is 64.1 Å². The Bertz CT molecular complexity index is 798. The number of ether oxygens (including phenoxy) is 1. The maximum Gasteiger partial charge on any atom is 0.387 e. The topological polar surface area (TPSA) is 67.4 Å². The van der Waals surface area contributed by atoms with Crippen molar-refractivity contribution in [1.82, 2.24) is 10.6 Å². The van der Waals surface area contributed by atoms with Gasteiger partial charge >= 0.3 is 6.61 Å². The van der Waals surface area contributed by atoms with Gasteiger partial charge in [-0.25, -0.2) is 0 Å². The van der Waals surface area contributed by atoms with Crippen molar-refractivity contribution < 1.29 is 23.1 Å². The molecule has 2 amide bonds. The van der Waals surface area contributed by atoms with Crippen LogP contribution in [0.2, 0.25) is 0 Å². The van der Waals surface area contributed by atoms with Crippen molar-refractivity contribution in [3.63, 3.8) is 0 Å². The van der Waals surface area contributed by atoms with Gasteiger partial charge in [0.25, 0.3) is 0 Å². The van der Waals surface area contributed by atoms with E-state index in [4.69, 9.17) is 0 Å². The van der Waals surface area contributed by atoms with Crippen molar-refractivity contribution in [2.75, 3.05) is 0 Å². The van der Waals surface area contributed by atoms with Crippen molar-refractivity contribution in [1.29, 1.82) is 0 Å². The third kappa shape index (κ3) is 6.92. The van der Waals surface area contributed by atoms with E-state index in [2.05, 4.69) is 31.3 Å². The molecule has 0 aliphatic rings. The Morgan fingerprint density at radius 2 is 1.57 bits per heavy atom. The molecule has 0 aliphatic carbocycles. The molecule has 0 spiro atoms. The lowest BCUT2D eigenvalue weighted by atomic mass is 10.0. The summed E-state index contributed by atoms with van der Waals surface area (Å²) in [7, 11) is 0. The van der Waals surface area contributed by atoms with Crippen LogP contribution in [0.25, 0.3) is 0 Å². The highest BCUT2D eigenvalue weighted by atomic mass is 79.9. The summed E-state index contributed by atoms with van der Waals surface area (Å²) in [6.45, 7) is 0.302. The average Bonchev–Trinajstić information content (AvgIpc) is 2.61. The van der Waals surface area contributed by atoms with Gasteiger partial charge < -0.3 is 15.4 Å². The maximum absolute atomic E-state index is 12.5. The number of alkyl halides is 2. The lowest BCUT2D eigenvalue weighted by molar-refractivity contribution is -0.123. The lowest BCUT2D eigenvalue weighted by Crippen LogP contribution is -2.33. The Kier molecular flexibility index (Phi) is 7.92. The van der Waals surface area contributed by atoms with Crippen LogP contribution in [0.5, 0.6) is 5.75 Å². The van der Waals surface area contributed by atoms with E-state index < -0.39 is 12.7 Å². The van der Waals surface area contributed by atoms with E-state index in [9.17, 15) is 18.4 Å². The van der Waals surface area contributed by atoms with Gasteiger partial charge in [0, 0.05) is 11.4 Å². The van der Waals surface area contributed by atoms with Gasteiger partial charge in [-0.2, -0.15) is 8.78 Å². The molecule has 2 atom stereocenters. The Morgan fingerprint density at radius 3 is 2.11 bits per heavy atom. The zero-order valence-corrected chi connectivity index (χ0v) is 17.0. The van der Waals surface area contributed by atoms with E-state index >= 15 is 0 Å². The Morgan fingerprint density at radius 1 is 1.00 bits per heavy atom. The third-order valence-electron chi connectivity index (χ3n) is 4.02. The zero-order valence-electron chi connectivity index (χ0n) is 15.4. The van der Waals surface area contributed by atoms with Crippen molar-refractivity contribution in [3.8, 4) is 5.75 Å². The van der Waals surface area contributed by atoms with Gasteiger partial charge in [0.1, 0.15) is 5.75 Å². The highest BCUT2D eigenvalue weighted by molar-refractivity contribution is 9.10. The second-order valence-corrected chi connectivity index (χ2v) is 7.16. The van der Waals surface area contributed by atoms with Crippen LogP contribution >= 0.6 is 15.9 Å². The first kappa shape index (κ1) is 21.8. The number of nitrogens with one attached hydrogen (secondary N) is 2.